The van der Waals surface area contributed by atoms with Crippen LogP contribution in [0.5, 0.6) is 5.75 Å². The van der Waals surface area contributed by atoms with E-state index in [9.17, 15) is 9.18 Å². The summed E-state index contributed by atoms with van der Waals surface area (Å²) < 4.78 is 20.3. The van der Waals surface area contributed by atoms with E-state index >= 15 is 0 Å². The summed E-state index contributed by atoms with van der Waals surface area (Å²) in [6.07, 6.45) is 7.60. The molecular weight excluding hydrogens is 363 g/mol. The lowest BCUT2D eigenvalue weighted by Gasteiger charge is -2.28. The van der Waals surface area contributed by atoms with E-state index in [0.717, 1.165) is 45.4 Å². The molecule has 1 unspecified atom stereocenters. The predicted octanol–water partition coefficient (Wildman–Crippen LogP) is 3.92. The Morgan fingerprint density at radius 1 is 1.22 bits per heavy atom. The number of nitrogens with zero attached hydrogens (tertiary/aromatic N) is 2. The van der Waals surface area contributed by atoms with Crippen LogP contribution < -0.4 is 4.74 Å². The van der Waals surface area contributed by atoms with Crippen LogP contribution in [0.4, 0.5) is 4.39 Å². The molecule has 2 saturated heterocycles. The number of benzene rings is 1. The Labute approximate surface area is 164 Å². The smallest absolute Gasteiger partial charge is 0.257 e. The van der Waals surface area contributed by atoms with E-state index in [1.165, 1.54) is 18.9 Å². The van der Waals surface area contributed by atoms with Crippen LogP contribution in [-0.2, 0) is 0 Å². The largest absolute Gasteiger partial charge is 0.492 e. The number of hydrogen-bond acceptors (Lipinski definition) is 4. The van der Waals surface area contributed by atoms with Gasteiger partial charge in [-0.15, -0.1) is 11.8 Å². The first-order chi connectivity index (χ1) is 13.2. The van der Waals surface area contributed by atoms with Gasteiger partial charge in [0, 0.05) is 30.4 Å². The SMILES string of the molecule is O=C(c1ccc(OCC2CC=CS2)cc1F)N1CCC[C@H]1CN1CCCC1. The van der Waals surface area contributed by atoms with E-state index in [4.69, 9.17) is 4.74 Å². The Bertz CT molecular complexity index is 697. The Morgan fingerprint density at radius 3 is 2.81 bits per heavy atom. The summed E-state index contributed by atoms with van der Waals surface area (Å²) in [7, 11) is 0. The number of rotatable bonds is 6. The molecule has 1 amide bonds. The maximum absolute atomic E-state index is 14.6. The van der Waals surface area contributed by atoms with E-state index in [1.807, 2.05) is 4.90 Å². The van der Waals surface area contributed by atoms with Gasteiger partial charge in [-0.2, -0.15) is 0 Å². The van der Waals surface area contributed by atoms with Gasteiger partial charge in [-0.3, -0.25) is 4.79 Å². The molecule has 0 spiro atoms. The maximum atomic E-state index is 14.6. The molecule has 1 aromatic rings. The van der Waals surface area contributed by atoms with Gasteiger partial charge in [0.25, 0.3) is 5.91 Å². The number of ether oxygens (including phenoxy) is 1. The zero-order valence-electron chi connectivity index (χ0n) is 15.6. The minimum absolute atomic E-state index is 0.160. The lowest BCUT2D eigenvalue weighted by molar-refractivity contribution is 0.0704. The first kappa shape index (κ1) is 18.8. The second-order valence-electron chi connectivity index (χ2n) is 7.62. The first-order valence-electron chi connectivity index (χ1n) is 9.97. The van der Waals surface area contributed by atoms with Crippen molar-refractivity contribution >= 4 is 17.7 Å². The van der Waals surface area contributed by atoms with Crippen molar-refractivity contribution in [3.05, 3.63) is 41.1 Å². The summed E-state index contributed by atoms with van der Waals surface area (Å²) in [6, 6.07) is 4.86. The average molecular weight is 391 g/mol. The van der Waals surface area contributed by atoms with Crippen molar-refractivity contribution in [1.29, 1.82) is 0 Å². The number of allylic oxidation sites excluding steroid dienone is 1. The molecule has 3 heterocycles. The third-order valence-corrected chi connectivity index (χ3v) is 6.74. The predicted molar refractivity (Wildman–Crippen MR) is 107 cm³/mol. The minimum atomic E-state index is -0.485. The molecule has 0 N–H and O–H groups in total. The minimum Gasteiger partial charge on any atom is -0.492 e. The van der Waals surface area contributed by atoms with Gasteiger partial charge < -0.3 is 14.5 Å². The highest BCUT2D eigenvalue weighted by molar-refractivity contribution is 8.03. The molecule has 146 valence electrons. The van der Waals surface area contributed by atoms with Crippen molar-refractivity contribution in [2.75, 3.05) is 32.8 Å². The summed E-state index contributed by atoms with van der Waals surface area (Å²) in [5, 5.41) is 2.47. The number of carbonyl (C=O) groups excluding carboxylic acids is 1. The molecule has 2 fully saturated rings. The maximum Gasteiger partial charge on any atom is 0.257 e. The van der Waals surface area contributed by atoms with Crippen LogP contribution in [0.2, 0.25) is 0 Å². The molecule has 2 atom stereocenters. The number of likely N-dealkylation sites (tertiary alicyclic amines) is 2. The van der Waals surface area contributed by atoms with E-state index in [2.05, 4.69) is 16.4 Å². The molecule has 3 aliphatic rings. The van der Waals surface area contributed by atoms with Gasteiger partial charge in [0.15, 0.2) is 0 Å². The molecule has 3 aliphatic heterocycles. The van der Waals surface area contributed by atoms with Crippen molar-refractivity contribution in [1.82, 2.24) is 9.80 Å². The molecule has 27 heavy (non-hydrogen) atoms. The van der Waals surface area contributed by atoms with Gasteiger partial charge in [0.1, 0.15) is 18.2 Å². The monoisotopic (exact) mass is 390 g/mol. The summed E-state index contributed by atoms with van der Waals surface area (Å²) in [5.41, 5.74) is 0.160. The van der Waals surface area contributed by atoms with Crippen LogP contribution >= 0.6 is 11.8 Å². The Hall–Kier alpha value is -1.53. The average Bonchev–Trinajstić information content (AvgIpc) is 3.43. The van der Waals surface area contributed by atoms with Gasteiger partial charge in [0.05, 0.1) is 5.56 Å². The molecule has 0 aliphatic carbocycles. The van der Waals surface area contributed by atoms with Crippen LogP contribution in [0, 0.1) is 5.82 Å². The van der Waals surface area contributed by atoms with Gasteiger partial charge >= 0.3 is 0 Å². The van der Waals surface area contributed by atoms with Gasteiger partial charge in [-0.25, -0.2) is 4.39 Å². The fourth-order valence-electron chi connectivity index (χ4n) is 4.20. The molecule has 0 saturated carbocycles. The third kappa shape index (κ3) is 4.49. The lowest BCUT2D eigenvalue weighted by atomic mass is 10.1. The van der Waals surface area contributed by atoms with Crippen molar-refractivity contribution in [2.24, 2.45) is 0 Å². The second kappa shape index (κ2) is 8.65. The van der Waals surface area contributed by atoms with Gasteiger partial charge in [-0.1, -0.05) is 6.08 Å². The summed E-state index contributed by atoms with van der Waals surface area (Å²) >= 11 is 1.74. The van der Waals surface area contributed by atoms with E-state index in [0.29, 0.717) is 17.6 Å². The van der Waals surface area contributed by atoms with Crippen LogP contribution in [0.3, 0.4) is 0 Å². The molecule has 0 radical (unpaired) electrons. The number of amides is 1. The first-order valence-corrected chi connectivity index (χ1v) is 10.9. The third-order valence-electron chi connectivity index (χ3n) is 5.68. The fraction of sp³-hybridized carbons (Fsp3) is 0.571. The Morgan fingerprint density at radius 2 is 2.07 bits per heavy atom. The molecule has 4 nitrogen and oxygen atoms in total. The summed E-state index contributed by atoms with van der Waals surface area (Å²) in [5.74, 6) is -0.176. The molecule has 0 bridgehead atoms. The second-order valence-corrected chi connectivity index (χ2v) is 8.83. The number of thioether (sulfide) groups is 1. The number of carbonyl (C=O) groups is 1. The molecule has 6 heteroatoms. The topological polar surface area (TPSA) is 32.8 Å². The van der Waals surface area contributed by atoms with Crippen molar-refractivity contribution in [3.63, 3.8) is 0 Å². The van der Waals surface area contributed by atoms with Crippen molar-refractivity contribution < 1.29 is 13.9 Å². The van der Waals surface area contributed by atoms with Gasteiger partial charge in [-0.05, 0) is 62.7 Å². The zero-order valence-corrected chi connectivity index (χ0v) is 16.4. The van der Waals surface area contributed by atoms with Crippen molar-refractivity contribution in [3.8, 4) is 5.75 Å². The summed E-state index contributed by atoms with van der Waals surface area (Å²) in [6.45, 7) is 4.43. The van der Waals surface area contributed by atoms with Crippen LogP contribution in [0.1, 0.15) is 42.5 Å². The highest BCUT2D eigenvalue weighted by Crippen LogP contribution is 2.27. The van der Waals surface area contributed by atoms with Crippen molar-refractivity contribution in [2.45, 2.75) is 43.4 Å². The summed E-state index contributed by atoms with van der Waals surface area (Å²) in [4.78, 5) is 17.2. The quantitative estimate of drug-likeness (QED) is 0.737. The normalized spacial score (nSPS) is 25.4. The molecule has 4 rings (SSSR count). The zero-order chi connectivity index (χ0) is 18.6. The van der Waals surface area contributed by atoms with Crippen LogP contribution in [0.25, 0.3) is 0 Å². The standard InChI is InChI=1S/C21H27FN2O2S/c22-20-13-17(26-15-18-6-4-12-27-18)7-8-19(20)21(25)24-11-3-5-16(24)14-23-9-1-2-10-23/h4,7-8,12-13,16,18H,1-3,5-6,9-11,14-15H2/t16-,18?/m0/s1. The van der Waals surface area contributed by atoms with E-state index in [1.54, 1.807) is 23.9 Å². The van der Waals surface area contributed by atoms with Gasteiger partial charge in [0.2, 0.25) is 0 Å². The number of halogens is 1. The van der Waals surface area contributed by atoms with E-state index < -0.39 is 5.82 Å². The number of hydrogen-bond donors (Lipinski definition) is 0. The Kier molecular flexibility index (Phi) is 6.03. The van der Waals surface area contributed by atoms with Crippen LogP contribution in [-0.4, -0.2) is 59.8 Å². The fourth-order valence-corrected chi connectivity index (χ4v) is 5.01. The van der Waals surface area contributed by atoms with Crippen LogP contribution in [0.15, 0.2) is 29.7 Å². The molecule has 0 aromatic heterocycles. The highest BCUT2D eigenvalue weighted by atomic mass is 32.2. The Balaban J connectivity index is 1.38. The molecule has 1 aromatic carbocycles. The lowest BCUT2D eigenvalue weighted by Crippen LogP contribution is -2.42. The highest BCUT2D eigenvalue weighted by Gasteiger charge is 2.32. The molecular formula is C21H27FN2O2S. The van der Waals surface area contributed by atoms with E-state index in [-0.39, 0.29) is 17.5 Å².